The predicted molar refractivity (Wildman–Crippen MR) is 119 cm³/mol. The van der Waals surface area contributed by atoms with Gasteiger partial charge in [-0.15, -0.1) is 0 Å². The fourth-order valence-electron chi connectivity index (χ4n) is 4.32. The molecule has 0 aliphatic carbocycles. The molecule has 4 rings (SSSR count). The maximum absolute atomic E-state index is 12.9. The van der Waals surface area contributed by atoms with Gasteiger partial charge in [0.05, 0.1) is 24.2 Å². The summed E-state index contributed by atoms with van der Waals surface area (Å²) in [5.74, 6) is 1.81. The van der Waals surface area contributed by atoms with Crippen molar-refractivity contribution in [1.82, 2.24) is 19.8 Å². The molecule has 1 fully saturated rings. The Labute approximate surface area is 177 Å². The molecule has 1 aliphatic rings. The number of benzene rings is 2. The minimum atomic E-state index is 0.0190. The molecule has 0 spiro atoms. The summed E-state index contributed by atoms with van der Waals surface area (Å²) >= 11 is 0. The van der Waals surface area contributed by atoms with E-state index in [1.807, 2.05) is 41.0 Å². The van der Waals surface area contributed by atoms with Crippen molar-refractivity contribution >= 4 is 16.9 Å². The van der Waals surface area contributed by atoms with Gasteiger partial charge in [0.25, 0.3) is 0 Å². The monoisotopic (exact) mass is 406 g/mol. The van der Waals surface area contributed by atoms with Crippen molar-refractivity contribution in [3.05, 3.63) is 59.9 Å². The van der Waals surface area contributed by atoms with Crippen LogP contribution in [-0.4, -0.2) is 47.1 Å². The maximum atomic E-state index is 12.9. The molecule has 1 aliphatic heterocycles. The summed E-state index contributed by atoms with van der Waals surface area (Å²) in [4.78, 5) is 20.0. The Kier molecular flexibility index (Phi) is 6.33. The molecule has 2 aromatic carbocycles. The van der Waals surface area contributed by atoms with Crippen molar-refractivity contribution in [3.63, 3.8) is 0 Å². The molecule has 1 N–H and O–H groups in total. The van der Waals surface area contributed by atoms with Crippen LogP contribution in [0.3, 0.4) is 0 Å². The first-order valence-electron chi connectivity index (χ1n) is 10.8. The Morgan fingerprint density at radius 3 is 2.57 bits per heavy atom. The van der Waals surface area contributed by atoms with Crippen LogP contribution < -0.4 is 10.1 Å². The van der Waals surface area contributed by atoms with Gasteiger partial charge in [-0.05, 0) is 55.8 Å². The average molecular weight is 407 g/mol. The molecule has 0 bridgehead atoms. The van der Waals surface area contributed by atoms with Crippen LogP contribution in [0.1, 0.15) is 37.2 Å². The van der Waals surface area contributed by atoms with Gasteiger partial charge >= 0.3 is 0 Å². The fourth-order valence-corrected chi connectivity index (χ4v) is 4.32. The number of rotatable bonds is 8. The Balaban J connectivity index is 1.47. The van der Waals surface area contributed by atoms with Gasteiger partial charge in [0.15, 0.2) is 0 Å². The summed E-state index contributed by atoms with van der Waals surface area (Å²) in [6.07, 6.45) is 3.22. The molecule has 1 saturated heterocycles. The molecule has 3 aromatic rings. The molecule has 0 saturated carbocycles. The van der Waals surface area contributed by atoms with Crippen LogP contribution in [0, 0.1) is 0 Å². The van der Waals surface area contributed by atoms with Crippen LogP contribution in [0.25, 0.3) is 11.0 Å². The van der Waals surface area contributed by atoms with E-state index in [4.69, 9.17) is 4.74 Å². The SMILES string of the molecule is CCc1nc2ccccc2n1CC(=O)NC[C@@H](c1ccc(OC)cc1)N1CCCC1. The van der Waals surface area contributed by atoms with E-state index in [-0.39, 0.29) is 11.9 Å². The first kappa shape index (κ1) is 20.4. The largest absolute Gasteiger partial charge is 0.497 e. The lowest BCUT2D eigenvalue weighted by molar-refractivity contribution is -0.121. The van der Waals surface area contributed by atoms with Crippen LogP contribution in [0.15, 0.2) is 48.5 Å². The molecule has 1 amide bonds. The van der Waals surface area contributed by atoms with Gasteiger partial charge in [-0.25, -0.2) is 4.98 Å². The summed E-state index contributed by atoms with van der Waals surface area (Å²) in [5, 5.41) is 3.18. The second kappa shape index (κ2) is 9.30. The fraction of sp³-hybridized carbons (Fsp3) is 0.417. The number of fused-ring (bicyclic) bond motifs is 1. The van der Waals surface area contributed by atoms with Crippen molar-refractivity contribution < 1.29 is 9.53 Å². The molecule has 2 heterocycles. The smallest absolute Gasteiger partial charge is 0.240 e. The number of hydrogen-bond acceptors (Lipinski definition) is 4. The first-order valence-corrected chi connectivity index (χ1v) is 10.8. The van der Waals surface area contributed by atoms with E-state index < -0.39 is 0 Å². The van der Waals surface area contributed by atoms with Gasteiger partial charge in [-0.3, -0.25) is 9.69 Å². The third-order valence-electron chi connectivity index (χ3n) is 5.93. The highest BCUT2D eigenvalue weighted by Crippen LogP contribution is 2.26. The minimum Gasteiger partial charge on any atom is -0.497 e. The van der Waals surface area contributed by atoms with E-state index in [1.54, 1.807) is 7.11 Å². The quantitative estimate of drug-likeness (QED) is 0.621. The molecule has 6 nitrogen and oxygen atoms in total. The molecule has 158 valence electrons. The molecular weight excluding hydrogens is 376 g/mol. The van der Waals surface area contributed by atoms with E-state index in [0.717, 1.165) is 42.1 Å². The number of para-hydroxylation sites is 2. The number of aromatic nitrogens is 2. The van der Waals surface area contributed by atoms with Crippen molar-refractivity contribution in [1.29, 1.82) is 0 Å². The Morgan fingerprint density at radius 1 is 1.13 bits per heavy atom. The van der Waals surface area contributed by atoms with E-state index in [9.17, 15) is 4.79 Å². The summed E-state index contributed by atoms with van der Waals surface area (Å²) in [5.41, 5.74) is 3.16. The number of nitrogens with zero attached hydrogens (tertiary/aromatic N) is 3. The van der Waals surface area contributed by atoms with E-state index >= 15 is 0 Å². The van der Waals surface area contributed by atoms with Crippen molar-refractivity contribution in [2.75, 3.05) is 26.7 Å². The third-order valence-corrected chi connectivity index (χ3v) is 5.93. The van der Waals surface area contributed by atoms with Gasteiger partial charge < -0.3 is 14.6 Å². The number of aryl methyl sites for hydroxylation is 1. The standard InChI is InChI=1S/C24H30N4O2/c1-3-23-26-20-8-4-5-9-21(20)28(23)17-24(29)25-16-22(27-14-6-7-15-27)18-10-12-19(30-2)13-11-18/h4-5,8-13,22H,3,6-7,14-17H2,1-2H3,(H,25,29)/t22-/m0/s1. The Hall–Kier alpha value is -2.86. The van der Waals surface area contributed by atoms with Gasteiger partial charge in [0.1, 0.15) is 18.1 Å². The van der Waals surface area contributed by atoms with Crippen LogP contribution in [0.4, 0.5) is 0 Å². The molecule has 0 unspecified atom stereocenters. The second-order valence-corrected chi connectivity index (χ2v) is 7.79. The van der Waals surface area contributed by atoms with E-state index in [1.165, 1.54) is 18.4 Å². The lowest BCUT2D eigenvalue weighted by atomic mass is 10.1. The summed E-state index contributed by atoms with van der Waals surface area (Å²) in [7, 11) is 1.68. The van der Waals surface area contributed by atoms with Crippen LogP contribution in [0.5, 0.6) is 5.75 Å². The number of methoxy groups -OCH3 is 1. The topological polar surface area (TPSA) is 59.4 Å². The lowest BCUT2D eigenvalue weighted by Gasteiger charge is -2.28. The van der Waals surface area contributed by atoms with Crippen molar-refractivity contribution in [2.24, 2.45) is 0 Å². The van der Waals surface area contributed by atoms with Crippen LogP contribution >= 0.6 is 0 Å². The predicted octanol–water partition coefficient (Wildman–Crippen LogP) is 3.56. The normalized spacial score (nSPS) is 15.4. The van der Waals surface area contributed by atoms with Crippen LogP contribution in [0.2, 0.25) is 0 Å². The average Bonchev–Trinajstić information content (AvgIpc) is 3.43. The number of imidazole rings is 1. The highest BCUT2D eigenvalue weighted by Gasteiger charge is 2.24. The summed E-state index contributed by atoms with van der Waals surface area (Å²) < 4.78 is 7.33. The molecule has 1 atom stereocenters. The van der Waals surface area contributed by atoms with Crippen LogP contribution in [-0.2, 0) is 17.8 Å². The molecule has 1 aromatic heterocycles. The first-order chi connectivity index (χ1) is 14.7. The van der Waals surface area contributed by atoms with Gasteiger partial charge in [0.2, 0.25) is 5.91 Å². The summed E-state index contributed by atoms with van der Waals surface area (Å²) in [6, 6.07) is 16.4. The number of amides is 1. The third kappa shape index (κ3) is 4.33. The second-order valence-electron chi connectivity index (χ2n) is 7.79. The number of nitrogens with one attached hydrogen (secondary N) is 1. The van der Waals surface area contributed by atoms with Crippen molar-refractivity contribution in [2.45, 2.75) is 38.8 Å². The molecular formula is C24H30N4O2. The number of carbonyl (C=O) groups is 1. The molecule has 30 heavy (non-hydrogen) atoms. The number of hydrogen-bond donors (Lipinski definition) is 1. The molecule has 0 radical (unpaired) electrons. The van der Waals surface area contributed by atoms with Crippen molar-refractivity contribution in [3.8, 4) is 5.75 Å². The summed E-state index contributed by atoms with van der Waals surface area (Å²) in [6.45, 7) is 5.10. The maximum Gasteiger partial charge on any atom is 0.240 e. The number of carbonyl (C=O) groups excluding carboxylic acids is 1. The van der Waals surface area contributed by atoms with Gasteiger partial charge in [-0.2, -0.15) is 0 Å². The number of likely N-dealkylation sites (tertiary alicyclic amines) is 1. The highest BCUT2D eigenvalue weighted by atomic mass is 16.5. The van der Waals surface area contributed by atoms with E-state index in [2.05, 4.69) is 34.3 Å². The Morgan fingerprint density at radius 2 is 1.87 bits per heavy atom. The highest BCUT2D eigenvalue weighted by molar-refractivity contribution is 5.81. The Bertz CT molecular complexity index is 990. The zero-order valence-corrected chi connectivity index (χ0v) is 17.8. The van der Waals surface area contributed by atoms with Gasteiger partial charge in [-0.1, -0.05) is 31.2 Å². The van der Waals surface area contributed by atoms with E-state index in [0.29, 0.717) is 13.1 Å². The number of ether oxygens (including phenoxy) is 1. The lowest BCUT2D eigenvalue weighted by Crippen LogP contribution is -2.38. The minimum absolute atomic E-state index is 0.0190. The van der Waals surface area contributed by atoms with Gasteiger partial charge in [0, 0.05) is 13.0 Å². The zero-order valence-electron chi connectivity index (χ0n) is 17.8. The zero-order chi connectivity index (χ0) is 20.9. The molecule has 6 heteroatoms.